The smallest absolute Gasteiger partial charge is 0.414 e. The first-order chi connectivity index (χ1) is 13.9. The van der Waals surface area contributed by atoms with Crippen LogP contribution in [-0.4, -0.2) is 59.3 Å². The van der Waals surface area contributed by atoms with Crippen LogP contribution < -0.4 is 15.1 Å². The average Bonchev–Trinajstić information content (AvgIpc) is 3.40. The number of anilines is 2. The van der Waals surface area contributed by atoms with Gasteiger partial charge in [-0.25, -0.2) is 13.6 Å². The molecule has 9 nitrogen and oxygen atoms in total. The van der Waals surface area contributed by atoms with Gasteiger partial charge in [0.2, 0.25) is 5.91 Å². The third-order valence-corrected chi connectivity index (χ3v) is 5.01. The summed E-state index contributed by atoms with van der Waals surface area (Å²) in [7, 11) is 0. The Morgan fingerprint density at radius 1 is 1.24 bits per heavy atom. The first-order valence-corrected chi connectivity index (χ1v) is 9.24. The molecular weight excluding hydrogens is 386 g/mol. The number of aromatic nitrogens is 3. The standard InChI is InChI=1S/C18H20F2N6O3/c1-11(27)21-8-14-10-25(18(28)29-14)13-6-15(19)17(16(20)7-13)24-5-2-12(9-24)26-22-3-4-23-26/h3-4,6-7,12,14H,2,5,8-10H2,1H3,(H,21,27)/t12-,14-/m0/s1. The van der Waals surface area contributed by atoms with Gasteiger partial charge in [0, 0.05) is 32.1 Å². The van der Waals surface area contributed by atoms with Crippen LogP contribution >= 0.6 is 0 Å². The molecule has 2 aromatic rings. The minimum absolute atomic E-state index is 0.0634. The highest BCUT2D eigenvalue weighted by Gasteiger charge is 2.34. The molecule has 1 N–H and O–H groups in total. The van der Waals surface area contributed by atoms with Crippen LogP contribution in [0.4, 0.5) is 25.0 Å². The van der Waals surface area contributed by atoms with Gasteiger partial charge in [-0.2, -0.15) is 15.0 Å². The highest BCUT2D eigenvalue weighted by Crippen LogP contribution is 2.34. The lowest BCUT2D eigenvalue weighted by atomic mass is 10.2. The molecule has 2 fully saturated rings. The van der Waals surface area contributed by atoms with E-state index in [-0.39, 0.29) is 36.4 Å². The van der Waals surface area contributed by atoms with Crippen LogP contribution in [0.1, 0.15) is 19.4 Å². The van der Waals surface area contributed by atoms with Crippen molar-refractivity contribution < 1.29 is 23.1 Å². The van der Waals surface area contributed by atoms with E-state index in [1.165, 1.54) is 6.92 Å². The summed E-state index contributed by atoms with van der Waals surface area (Å²) in [6.07, 6.45) is 2.49. The molecule has 2 amide bonds. The number of rotatable bonds is 5. The molecule has 3 heterocycles. The Morgan fingerprint density at radius 3 is 2.59 bits per heavy atom. The Bertz CT molecular complexity index is 899. The molecule has 0 spiro atoms. The summed E-state index contributed by atoms with van der Waals surface area (Å²) in [6.45, 7) is 2.42. The number of hydrogen-bond acceptors (Lipinski definition) is 6. The molecule has 2 saturated heterocycles. The number of halogens is 2. The molecule has 0 radical (unpaired) electrons. The Balaban J connectivity index is 1.49. The molecule has 0 saturated carbocycles. The van der Waals surface area contributed by atoms with Gasteiger partial charge in [0.05, 0.1) is 37.2 Å². The minimum Gasteiger partial charge on any atom is -0.442 e. The average molecular weight is 406 g/mol. The van der Waals surface area contributed by atoms with Gasteiger partial charge in [0.15, 0.2) is 11.6 Å². The molecule has 11 heteroatoms. The van der Waals surface area contributed by atoms with E-state index in [4.69, 9.17) is 4.74 Å². The fourth-order valence-corrected chi connectivity index (χ4v) is 3.65. The van der Waals surface area contributed by atoms with E-state index in [1.54, 1.807) is 22.1 Å². The zero-order valence-electron chi connectivity index (χ0n) is 15.7. The quantitative estimate of drug-likeness (QED) is 0.809. The molecule has 0 unspecified atom stereocenters. The first-order valence-electron chi connectivity index (χ1n) is 9.24. The zero-order valence-corrected chi connectivity index (χ0v) is 15.7. The van der Waals surface area contributed by atoms with Crippen molar-refractivity contribution in [3.05, 3.63) is 36.2 Å². The summed E-state index contributed by atoms with van der Waals surface area (Å²) in [4.78, 5) is 27.4. The van der Waals surface area contributed by atoms with Crippen molar-refractivity contribution >= 4 is 23.4 Å². The monoisotopic (exact) mass is 406 g/mol. The second-order valence-electron chi connectivity index (χ2n) is 7.05. The normalized spacial score (nSPS) is 21.6. The van der Waals surface area contributed by atoms with Gasteiger partial charge in [-0.1, -0.05) is 0 Å². The lowest BCUT2D eigenvalue weighted by Crippen LogP contribution is -2.33. The third kappa shape index (κ3) is 3.84. The van der Waals surface area contributed by atoms with Gasteiger partial charge in [-0.05, 0) is 6.42 Å². The highest BCUT2D eigenvalue weighted by molar-refractivity contribution is 5.90. The van der Waals surface area contributed by atoms with E-state index in [0.29, 0.717) is 19.5 Å². The predicted molar refractivity (Wildman–Crippen MR) is 98.5 cm³/mol. The summed E-state index contributed by atoms with van der Waals surface area (Å²) in [6, 6.07) is 2.19. The van der Waals surface area contributed by atoms with E-state index in [1.807, 2.05) is 0 Å². The third-order valence-electron chi connectivity index (χ3n) is 5.01. The fraction of sp³-hybridized carbons (Fsp3) is 0.444. The topological polar surface area (TPSA) is 92.6 Å². The van der Waals surface area contributed by atoms with Gasteiger partial charge in [-0.15, -0.1) is 0 Å². The maximum Gasteiger partial charge on any atom is 0.414 e. The lowest BCUT2D eigenvalue weighted by molar-refractivity contribution is -0.119. The molecule has 29 heavy (non-hydrogen) atoms. The Labute approximate surface area is 165 Å². The van der Waals surface area contributed by atoms with Crippen molar-refractivity contribution in [1.29, 1.82) is 0 Å². The number of nitrogens with zero attached hydrogens (tertiary/aromatic N) is 5. The van der Waals surface area contributed by atoms with Gasteiger partial charge in [0.25, 0.3) is 0 Å². The lowest BCUT2D eigenvalue weighted by Gasteiger charge is -2.22. The summed E-state index contributed by atoms with van der Waals surface area (Å²) < 4.78 is 34.8. The molecule has 2 aliphatic rings. The number of benzene rings is 1. The largest absolute Gasteiger partial charge is 0.442 e. The summed E-state index contributed by atoms with van der Waals surface area (Å²) in [5, 5.41) is 10.7. The molecule has 0 bridgehead atoms. The van der Waals surface area contributed by atoms with Crippen LogP contribution in [0.15, 0.2) is 24.5 Å². The summed E-state index contributed by atoms with van der Waals surface area (Å²) in [5.74, 6) is -1.77. The minimum atomic E-state index is -0.757. The first kappa shape index (κ1) is 19.1. The molecule has 2 atom stereocenters. The van der Waals surface area contributed by atoms with Crippen molar-refractivity contribution in [2.45, 2.75) is 25.5 Å². The zero-order chi connectivity index (χ0) is 20.5. The number of nitrogens with one attached hydrogen (secondary N) is 1. The number of hydrogen-bond donors (Lipinski definition) is 1. The molecule has 2 aliphatic heterocycles. The second kappa shape index (κ2) is 7.64. The molecule has 0 aliphatic carbocycles. The number of carbonyl (C=O) groups is 2. The van der Waals surface area contributed by atoms with Crippen LogP contribution in [0.2, 0.25) is 0 Å². The van der Waals surface area contributed by atoms with Crippen molar-refractivity contribution in [2.24, 2.45) is 0 Å². The number of amides is 2. The highest BCUT2D eigenvalue weighted by atomic mass is 19.1. The van der Waals surface area contributed by atoms with E-state index in [9.17, 15) is 18.4 Å². The predicted octanol–water partition coefficient (Wildman–Crippen LogP) is 1.47. The van der Waals surface area contributed by atoms with E-state index in [0.717, 1.165) is 17.0 Å². The fourth-order valence-electron chi connectivity index (χ4n) is 3.65. The van der Waals surface area contributed by atoms with Gasteiger partial charge in [-0.3, -0.25) is 9.69 Å². The molecule has 1 aromatic carbocycles. The van der Waals surface area contributed by atoms with Gasteiger partial charge in [0.1, 0.15) is 11.8 Å². The number of ether oxygens (including phenoxy) is 1. The number of cyclic esters (lactones) is 1. The molecule has 1 aromatic heterocycles. The summed E-state index contributed by atoms with van der Waals surface area (Å²) >= 11 is 0. The van der Waals surface area contributed by atoms with E-state index in [2.05, 4.69) is 15.5 Å². The maximum absolute atomic E-state index is 14.8. The maximum atomic E-state index is 14.8. The van der Waals surface area contributed by atoms with E-state index >= 15 is 0 Å². The van der Waals surface area contributed by atoms with E-state index < -0.39 is 23.8 Å². The van der Waals surface area contributed by atoms with Crippen LogP contribution in [0.25, 0.3) is 0 Å². The van der Waals surface area contributed by atoms with Crippen LogP contribution in [0, 0.1) is 11.6 Å². The van der Waals surface area contributed by atoms with Crippen LogP contribution in [0.5, 0.6) is 0 Å². The van der Waals surface area contributed by atoms with Gasteiger partial charge < -0.3 is 15.0 Å². The SMILES string of the molecule is CC(=O)NC[C@H]1CN(c2cc(F)c(N3CC[C@H](n4nccn4)C3)c(F)c2)C(=O)O1. The Morgan fingerprint density at radius 2 is 1.93 bits per heavy atom. The van der Waals surface area contributed by atoms with Crippen molar-refractivity contribution in [1.82, 2.24) is 20.3 Å². The van der Waals surface area contributed by atoms with Crippen molar-refractivity contribution in [3.63, 3.8) is 0 Å². The summed E-state index contributed by atoms with van der Waals surface area (Å²) in [5.41, 5.74) is -0.0608. The van der Waals surface area contributed by atoms with Crippen LogP contribution in [0.3, 0.4) is 0 Å². The molecule has 154 valence electrons. The van der Waals surface area contributed by atoms with Gasteiger partial charge >= 0.3 is 6.09 Å². The van der Waals surface area contributed by atoms with Crippen molar-refractivity contribution in [3.8, 4) is 0 Å². The Hall–Kier alpha value is -3.24. The second-order valence-corrected chi connectivity index (χ2v) is 7.05. The van der Waals surface area contributed by atoms with Crippen LogP contribution in [-0.2, 0) is 9.53 Å². The van der Waals surface area contributed by atoms with Crippen molar-refractivity contribution in [2.75, 3.05) is 36.0 Å². The number of carbonyl (C=O) groups excluding carboxylic acids is 2. The Kier molecular flexibility index (Phi) is 5.03. The molecular formula is C18H20F2N6O3. The molecule has 4 rings (SSSR count).